The van der Waals surface area contributed by atoms with Gasteiger partial charge in [0.2, 0.25) is 0 Å². The van der Waals surface area contributed by atoms with E-state index in [9.17, 15) is 0 Å². The quantitative estimate of drug-likeness (QED) is 0.802. The molecule has 1 aliphatic rings. The first-order valence-electron chi connectivity index (χ1n) is 6.66. The van der Waals surface area contributed by atoms with Gasteiger partial charge in [0.05, 0.1) is 29.9 Å². The van der Waals surface area contributed by atoms with Crippen molar-refractivity contribution < 1.29 is 0 Å². The molecule has 0 amide bonds. The van der Waals surface area contributed by atoms with Crippen LogP contribution in [0.4, 0.5) is 0 Å². The maximum absolute atomic E-state index is 8.80. The summed E-state index contributed by atoms with van der Waals surface area (Å²) in [5.41, 5.74) is 2.08. The van der Waals surface area contributed by atoms with Gasteiger partial charge in [-0.3, -0.25) is 0 Å². The van der Waals surface area contributed by atoms with Crippen molar-refractivity contribution in [2.45, 2.75) is 64.3 Å². The first kappa shape index (κ1) is 12.1. The van der Waals surface area contributed by atoms with Gasteiger partial charge in [0, 0.05) is 0 Å². The Morgan fingerprint density at radius 2 is 2.12 bits per heavy atom. The molecule has 2 rings (SSSR count). The number of hydrogen-bond donors (Lipinski definition) is 0. The Labute approximate surface area is 103 Å². The summed E-state index contributed by atoms with van der Waals surface area (Å²) < 4.78 is 2.11. The van der Waals surface area contributed by atoms with Crippen molar-refractivity contribution in [3.05, 3.63) is 11.4 Å². The molecule has 4 heteroatoms. The highest BCUT2D eigenvalue weighted by Crippen LogP contribution is 2.29. The fourth-order valence-corrected chi connectivity index (χ4v) is 2.67. The molecule has 0 atom stereocenters. The lowest BCUT2D eigenvalue weighted by Crippen LogP contribution is -2.17. The second-order valence-corrected chi connectivity index (χ2v) is 4.80. The highest BCUT2D eigenvalue weighted by atomic mass is 15.4. The molecular weight excluding hydrogens is 212 g/mol. The van der Waals surface area contributed by atoms with Crippen LogP contribution in [-0.4, -0.2) is 15.0 Å². The van der Waals surface area contributed by atoms with Crippen LogP contribution in [0.5, 0.6) is 0 Å². The largest absolute Gasteiger partial charge is 0.246 e. The first-order valence-corrected chi connectivity index (χ1v) is 6.66. The molecule has 0 N–H and O–H groups in total. The van der Waals surface area contributed by atoms with Gasteiger partial charge >= 0.3 is 0 Å². The molecule has 0 unspecified atom stereocenters. The van der Waals surface area contributed by atoms with Crippen molar-refractivity contribution in [1.29, 1.82) is 5.26 Å². The van der Waals surface area contributed by atoms with Crippen LogP contribution in [-0.2, 0) is 12.8 Å². The minimum atomic E-state index is 0.391. The van der Waals surface area contributed by atoms with Gasteiger partial charge in [-0.1, -0.05) is 37.8 Å². The van der Waals surface area contributed by atoms with Crippen LogP contribution in [0.2, 0.25) is 0 Å². The molecule has 4 nitrogen and oxygen atoms in total. The summed E-state index contributed by atoms with van der Waals surface area (Å²) in [5, 5.41) is 17.3. The summed E-state index contributed by atoms with van der Waals surface area (Å²) in [4.78, 5) is 0. The van der Waals surface area contributed by atoms with Gasteiger partial charge in [-0.2, -0.15) is 5.26 Å². The molecule has 1 fully saturated rings. The van der Waals surface area contributed by atoms with Crippen LogP contribution in [0.3, 0.4) is 0 Å². The fourth-order valence-electron chi connectivity index (χ4n) is 2.67. The average Bonchev–Trinajstić information content (AvgIpc) is 2.75. The first-order chi connectivity index (χ1) is 8.36. The lowest BCUT2D eigenvalue weighted by molar-refractivity contribution is 0.317. The third-order valence-electron chi connectivity index (χ3n) is 3.53. The summed E-state index contributed by atoms with van der Waals surface area (Å²) in [7, 11) is 0. The van der Waals surface area contributed by atoms with Gasteiger partial charge in [0.15, 0.2) is 0 Å². The van der Waals surface area contributed by atoms with Crippen LogP contribution >= 0.6 is 0 Å². The Hall–Kier alpha value is -1.37. The van der Waals surface area contributed by atoms with Gasteiger partial charge in [0.1, 0.15) is 0 Å². The Balaban J connectivity index is 2.22. The second kappa shape index (κ2) is 5.81. The van der Waals surface area contributed by atoms with E-state index < -0.39 is 0 Å². The molecule has 1 aromatic heterocycles. The zero-order chi connectivity index (χ0) is 12.1. The number of hydrogen-bond acceptors (Lipinski definition) is 3. The summed E-state index contributed by atoms with van der Waals surface area (Å²) in [6, 6.07) is 2.70. The van der Waals surface area contributed by atoms with Crippen molar-refractivity contribution in [3.8, 4) is 6.07 Å². The number of aromatic nitrogens is 3. The van der Waals surface area contributed by atoms with E-state index in [4.69, 9.17) is 5.26 Å². The topological polar surface area (TPSA) is 54.5 Å². The lowest BCUT2D eigenvalue weighted by atomic mass is 9.95. The van der Waals surface area contributed by atoms with Crippen molar-refractivity contribution in [1.82, 2.24) is 15.0 Å². The summed E-state index contributed by atoms with van der Waals surface area (Å²) in [6.45, 7) is 2.16. The highest BCUT2D eigenvalue weighted by Gasteiger charge is 2.21. The van der Waals surface area contributed by atoms with E-state index in [1.807, 2.05) is 0 Å². The van der Waals surface area contributed by atoms with E-state index in [0.29, 0.717) is 12.5 Å². The molecule has 0 aliphatic heterocycles. The predicted molar refractivity (Wildman–Crippen MR) is 65.5 cm³/mol. The van der Waals surface area contributed by atoms with E-state index in [0.717, 1.165) is 18.5 Å². The second-order valence-electron chi connectivity index (χ2n) is 4.80. The predicted octanol–water partition coefficient (Wildman–Crippen LogP) is 2.80. The van der Waals surface area contributed by atoms with Crippen LogP contribution in [0.15, 0.2) is 0 Å². The normalized spacial score (nSPS) is 16.9. The van der Waals surface area contributed by atoms with Crippen LogP contribution in [0.25, 0.3) is 0 Å². The van der Waals surface area contributed by atoms with Crippen molar-refractivity contribution in [3.63, 3.8) is 0 Å². The molecular formula is C13H20N4. The lowest BCUT2D eigenvalue weighted by Gasteiger charge is -2.23. The zero-order valence-electron chi connectivity index (χ0n) is 10.5. The molecule has 0 radical (unpaired) electrons. The molecule has 1 aromatic rings. The van der Waals surface area contributed by atoms with Gasteiger partial charge < -0.3 is 0 Å². The monoisotopic (exact) mass is 232 g/mol. The fraction of sp³-hybridized carbons (Fsp3) is 0.769. The molecule has 1 heterocycles. The van der Waals surface area contributed by atoms with Gasteiger partial charge in [-0.15, -0.1) is 5.10 Å². The smallest absolute Gasteiger partial charge is 0.0999 e. The van der Waals surface area contributed by atoms with Gasteiger partial charge in [0.25, 0.3) is 0 Å². The Bertz CT molecular complexity index is 396. The van der Waals surface area contributed by atoms with Crippen LogP contribution in [0, 0.1) is 11.3 Å². The minimum absolute atomic E-state index is 0.391. The molecule has 0 saturated heterocycles. The van der Waals surface area contributed by atoms with Gasteiger partial charge in [-0.05, 0) is 19.3 Å². The maximum Gasteiger partial charge on any atom is 0.0999 e. The van der Waals surface area contributed by atoms with E-state index >= 15 is 0 Å². The SMILES string of the molecule is CCCc1c(CC#N)nnn1C1CCCCC1. The van der Waals surface area contributed by atoms with E-state index in [1.54, 1.807) is 0 Å². The molecule has 1 saturated carbocycles. The molecule has 0 spiro atoms. The third kappa shape index (κ3) is 2.66. The van der Waals surface area contributed by atoms with E-state index in [2.05, 4.69) is 28.0 Å². The summed E-state index contributed by atoms with van der Waals surface area (Å²) in [5.74, 6) is 0. The van der Waals surface area contributed by atoms with Crippen molar-refractivity contribution >= 4 is 0 Å². The highest BCUT2D eigenvalue weighted by molar-refractivity contribution is 5.15. The molecule has 0 aromatic carbocycles. The number of nitriles is 1. The standard InChI is InChI=1S/C13H20N4/c1-2-6-13-12(9-10-14)15-16-17(13)11-7-4-3-5-8-11/h11H,2-9H2,1H3. The number of rotatable bonds is 4. The summed E-state index contributed by atoms with van der Waals surface area (Å²) in [6.07, 6.45) is 8.83. The molecule has 17 heavy (non-hydrogen) atoms. The summed E-state index contributed by atoms with van der Waals surface area (Å²) >= 11 is 0. The van der Waals surface area contributed by atoms with E-state index in [-0.39, 0.29) is 0 Å². The maximum atomic E-state index is 8.80. The molecule has 0 bridgehead atoms. The van der Waals surface area contributed by atoms with Crippen molar-refractivity contribution in [2.75, 3.05) is 0 Å². The third-order valence-corrected chi connectivity index (χ3v) is 3.53. The Morgan fingerprint density at radius 3 is 2.76 bits per heavy atom. The van der Waals surface area contributed by atoms with Crippen LogP contribution < -0.4 is 0 Å². The van der Waals surface area contributed by atoms with E-state index in [1.165, 1.54) is 37.8 Å². The molecule has 92 valence electrons. The molecule has 1 aliphatic carbocycles. The minimum Gasteiger partial charge on any atom is -0.246 e. The average molecular weight is 232 g/mol. The number of nitrogens with zero attached hydrogens (tertiary/aromatic N) is 4. The van der Waals surface area contributed by atoms with Gasteiger partial charge in [-0.25, -0.2) is 4.68 Å². The van der Waals surface area contributed by atoms with Crippen LogP contribution in [0.1, 0.15) is 62.9 Å². The van der Waals surface area contributed by atoms with Crippen molar-refractivity contribution in [2.24, 2.45) is 0 Å². The zero-order valence-corrected chi connectivity index (χ0v) is 10.5. The Morgan fingerprint density at radius 1 is 1.35 bits per heavy atom. The Kier molecular flexibility index (Phi) is 4.13.